The standard InChI is InChI=1S/C20H27N3O2/c1-20(24)8-12-25-14-18(20)19-3-2-10-22(19)13-16-4-6-17(7-5-16)23-11-9-21-15-23/h4-7,9,11,15,18-19,24H,2-3,8,10,12-14H2,1H3/t18-,19-,20-/m0/s1. The van der Waals surface area contributed by atoms with Crippen molar-refractivity contribution in [3.63, 3.8) is 0 Å². The minimum atomic E-state index is -0.614. The molecule has 0 saturated carbocycles. The average Bonchev–Trinajstić information content (AvgIpc) is 3.27. The molecule has 1 N–H and O–H groups in total. The number of nitrogens with zero attached hydrogens (tertiary/aromatic N) is 3. The maximum absolute atomic E-state index is 10.8. The molecule has 0 amide bonds. The van der Waals surface area contributed by atoms with Gasteiger partial charge in [0.2, 0.25) is 0 Å². The van der Waals surface area contributed by atoms with Crippen molar-refractivity contribution in [3.05, 3.63) is 48.5 Å². The molecule has 25 heavy (non-hydrogen) atoms. The Balaban J connectivity index is 1.46. The highest BCUT2D eigenvalue weighted by atomic mass is 16.5. The number of ether oxygens (including phenoxy) is 1. The largest absolute Gasteiger partial charge is 0.390 e. The van der Waals surface area contributed by atoms with Gasteiger partial charge < -0.3 is 14.4 Å². The minimum Gasteiger partial charge on any atom is -0.390 e. The molecule has 0 unspecified atom stereocenters. The van der Waals surface area contributed by atoms with Gasteiger partial charge in [0.05, 0.1) is 18.5 Å². The molecule has 3 heterocycles. The van der Waals surface area contributed by atoms with Crippen LogP contribution in [-0.2, 0) is 11.3 Å². The number of aliphatic hydroxyl groups is 1. The van der Waals surface area contributed by atoms with Crippen LogP contribution < -0.4 is 0 Å². The zero-order valence-electron chi connectivity index (χ0n) is 14.8. The zero-order valence-corrected chi connectivity index (χ0v) is 14.8. The summed E-state index contributed by atoms with van der Waals surface area (Å²) in [6.07, 6.45) is 8.65. The molecule has 2 aliphatic heterocycles. The Bertz CT molecular complexity index is 681. The third-order valence-electron chi connectivity index (χ3n) is 5.85. The van der Waals surface area contributed by atoms with Gasteiger partial charge in [-0.05, 0) is 50.4 Å². The first kappa shape index (κ1) is 16.8. The van der Waals surface area contributed by atoms with Crippen LogP contribution in [-0.4, -0.2) is 51.0 Å². The van der Waals surface area contributed by atoms with Crippen molar-refractivity contribution >= 4 is 0 Å². The lowest BCUT2D eigenvalue weighted by atomic mass is 9.79. The maximum Gasteiger partial charge on any atom is 0.0991 e. The monoisotopic (exact) mass is 341 g/mol. The van der Waals surface area contributed by atoms with Crippen molar-refractivity contribution in [2.75, 3.05) is 19.8 Å². The topological polar surface area (TPSA) is 50.5 Å². The molecule has 1 aromatic heterocycles. The van der Waals surface area contributed by atoms with Gasteiger partial charge in [-0.25, -0.2) is 4.98 Å². The van der Waals surface area contributed by atoms with Crippen LogP contribution in [0.2, 0.25) is 0 Å². The second-order valence-corrected chi connectivity index (χ2v) is 7.61. The van der Waals surface area contributed by atoms with Gasteiger partial charge in [0, 0.05) is 43.2 Å². The molecule has 4 rings (SSSR count). The SMILES string of the molecule is C[C@]1(O)CCOC[C@H]1[C@@H]1CCCN1Cc1ccc(-n2ccnc2)cc1. The van der Waals surface area contributed by atoms with Gasteiger partial charge in [0.1, 0.15) is 0 Å². The lowest BCUT2D eigenvalue weighted by Gasteiger charge is -2.43. The molecule has 5 heteroatoms. The van der Waals surface area contributed by atoms with Gasteiger partial charge in [-0.2, -0.15) is 0 Å². The number of likely N-dealkylation sites (tertiary alicyclic amines) is 1. The van der Waals surface area contributed by atoms with Crippen LogP contribution in [0.25, 0.3) is 5.69 Å². The molecule has 0 aliphatic carbocycles. The predicted octanol–water partition coefficient (Wildman–Crippen LogP) is 2.62. The quantitative estimate of drug-likeness (QED) is 0.929. The fourth-order valence-electron chi connectivity index (χ4n) is 4.30. The number of rotatable bonds is 4. The van der Waals surface area contributed by atoms with E-state index < -0.39 is 5.60 Å². The molecule has 2 aliphatic rings. The Morgan fingerprint density at radius 2 is 2.16 bits per heavy atom. The number of imidazole rings is 1. The van der Waals surface area contributed by atoms with Crippen LogP contribution in [0.5, 0.6) is 0 Å². The van der Waals surface area contributed by atoms with Gasteiger partial charge in [-0.15, -0.1) is 0 Å². The summed E-state index contributed by atoms with van der Waals surface area (Å²) in [4.78, 5) is 6.63. The molecule has 2 saturated heterocycles. The highest BCUT2D eigenvalue weighted by Gasteiger charge is 2.43. The first-order valence-electron chi connectivity index (χ1n) is 9.25. The summed E-state index contributed by atoms with van der Waals surface area (Å²) in [5.41, 5.74) is 1.83. The van der Waals surface area contributed by atoms with Crippen LogP contribution in [0, 0.1) is 5.92 Å². The van der Waals surface area contributed by atoms with Crippen LogP contribution >= 0.6 is 0 Å². The Kier molecular flexibility index (Phi) is 4.63. The molecular formula is C20H27N3O2. The van der Waals surface area contributed by atoms with E-state index in [0.717, 1.165) is 31.6 Å². The van der Waals surface area contributed by atoms with Gasteiger partial charge in [-0.1, -0.05) is 12.1 Å². The van der Waals surface area contributed by atoms with Crippen molar-refractivity contribution in [2.24, 2.45) is 5.92 Å². The van der Waals surface area contributed by atoms with Crippen LogP contribution in [0.4, 0.5) is 0 Å². The Labute approximate surface area is 149 Å². The molecule has 3 atom stereocenters. The van der Waals surface area contributed by atoms with E-state index in [0.29, 0.717) is 19.3 Å². The third-order valence-corrected chi connectivity index (χ3v) is 5.85. The fraction of sp³-hybridized carbons (Fsp3) is 0.550. The smallest absolute Gasteiger partial charge is 0.0991 e. The van der Waals surface area contributed by atoms with E-state index in [1.807, 2.05) is 24.0 Å². The first-order valence-corrected chi connectivity index (χ1v) is 9.25. The van der Waals surface area contributed by atoms with Crippen molar-refractivity contribution in [2.45, 2.75) is 44.4 Å². The Morgan fingerprint density at radius 3 is 2.88 bits per heavy atom. The van der Waals surface area contributed by atoms with E-state index in [1.165, 1.54) is 12.0 Å². The number of hydrogen-bond donors (Lipinski definition) is 1. The van der Waals surface area contributed by atoms with Crippen molar-refractivity contribution < 1.29 is 9.84 Å². The number of aromatic nitrogens is 2. The predicted molar refractivity (Wildman–Crippen MR) is 96.5 cm³/mol. The second kappa shape index (κ2) is 6.90. The summed E-state index contributed by atoms with van der Waals surface area (Å²) in [6, 6.07) is 9.08. The molecule has 0 radical (unpaired) electrons. The lowest BCUT2D eigenvalue weighted by Crippen LogP contribution is -2.52. The van der Waals surface area contributed by atoms with Crippen LogP contribution in [0.15, 0.2) is 43.0 Å². The molecule has 2 fully saturated rings. The fourth-order valence-corrected chi connectivity index (χ4v) is 4.30. The molecule has 5 nitrogen and oxygen atoms in total. The van der Waals surface area contributed by atoms with E-state index in [4.69, 9.17) is 4.74 Å². The second-order valence-electron chi connectivity index (χ2n) is 7.61. The number of hydrogen-bond acceptors (Lipinski definition) is 4. The maximum atomic E-state index is 10.8. The van der Waals surface area contributed by atoms with E-state index in [1.54, 1.807) is 6.20 Å². The van der Waals surface area contributed by atoms with Crippen LogP contribution in [0.3, 0.4) is 0 Å². The summed E-state index contributed by atoms with van der Waals surface area (Å²) in [7, 11) is 0. The summed E-state index contributed by atoms with van der Waals surface area (Å²) < 4.78 is 7.70. The van der Waals surface area contributed by atoms with Gasteiger partial charge in [0.15, 0.2) is 0 Å². The molecule has 0 spiro atoms. The van der Waals surface area contributed by atoms with Gasteiger partial charge in [-0.3, -0.25) is 4.90 Å². The first-order chi connectivity index (χ1) is 12.1. The average molecular weight is 341 g/mol. The summed E-state index contributed by atoms with van der Waals surface area (Å²) >= 11 is 0. The normalized spacial score (nSPS) is 30.6. The van der Waals surface area contributed by atoms with E-state index >= 15 is 0 Å². The van der Waals surface area contributed by atoms with Crippen molar-refractivity contribution in [1.29, 1.82) is 0 Å². The number of benzene rings is 1. The molecule has 134 valence electrons. The van der Waals surface area contributed by atoms with Gasteiger partial charge >= 0.3 is 0 Å². The van der Waals surface area contributed by atoms with E-state index in [-0.39, 0.29) is 5.92 Å². The highest BCUT2D eigenvalue weighted by Crippen LogP contribution is 2.36. The molecule has 0 bridgehead atoms. The third kappa shape index (κ3) is 3.50. The summed E-state index contributed by atoms with van der Waals surface area (Å²) in [5.74, 6) is 0.203. The Morgan fingerprint density at radius 1 is 1.32 bits per heavy atom. The lowest BCUT2D eigenvalue weighted by molar-refractivity contribution is -0.123. The Hall–Kier alpha value is -1.69. The van der Waals surface area contributed by atoms with Crippen molar-refractivity contribution in [1.82, 2.24) is 14.5 Å². The molecular weight excluding hydrogens is 314 g/mol. The zero-order chi connectivity index (χ0) is 17.3. The molecule has 1 aromatic carbocycles. The van der Waals surface area contributed by atoms with Crippen LogP contribution in [0.1, 0.15) is 31.7 Å². The summed E-state index contributed by atoms with van der Waals surface area (Å²) in [5, 5.41) is 10.8. The minimum absolute atomic E-state index is 0.203. The highest BCUT2D eigenvalue weighted by molar-refractivity contribution is 5.34. The molecule has 2 aromatic rings. The summed E-state index contributed by atoms with van der Waals surface area (Å²) in [6.45, 7) is 5.36. The van der Waals surface area contributed by atoms with Crippen molar-refractivity contribution in [3.8, 4) is 5.69 Å². The van der Waals surface area contributed by atoms with E-state index in [9.17, 15) is 5.11 Å². The van der Waals surface area contributed by atoms with Gasteiger partial charge in [0.25, 0.3) is 0 Å². The van der Waals surface area contributed by atoms with E-state index in [2.05, 4.69) is 34.1 Å².